The Morgan fingerprint density at radius 1 is 0.933 bits per heavy atom. The van der Waals surface area contributed by atoms with Gasteiger partial charge in [-0.15, -0.1) is 0 Å². The third kappa shape index (κ3) is 13.4. The minimum atomic E-state index is -4.85. The maximum atomic E-state index is 12.0. The number of rotatable bonds is 18. The topological polar surface area (TPSA) is 177 Å². The van der Waals surface area contributed by atoms with Crippen molar-refractivity contribution in [1.29, 1.82) is 0 Å². The summed E-state index contributed by atoms with van der Waals surface area (Å²) in [5, 5.41) is 41.4. The fourth-order valence-corrected chi connectivity index (χ4v) is 3.06. The number of nitrogens with one attached hydrogen (secondary N) is 1. The highest BCUT2D eigenvalue weighted by Crippen LogP contribution is 2.07. The molecule has 0 bridgehead atoms. The molecular formula is C18H38N2O9S. The summed E-state index contributed by atoms with van der Waals surface area (Å²) in [6.45, 7) is 6.20. The van der Waals surface area contributed by atoms with E-state index in [0.29, 0.717) is 6.42 Å². The molecule has 6 N–H and O–H groups in total. The van der Waals surface area contributed by atoms with Crippen molar-refractivity contribution < 1.29 is 42.4 Å². The Hall–Kier alpha value is -0.860. The van der Waals surface area contributed by atoms with E-state index in [-0.39, 0.29) is 6.54 Å². The summed E-state index contributed by atoms with van der Waals surface area (Å²) >= 11 is 0. The molecule has 0 unspecified atom stereocenters. The Morgan fingerprint density at radius 2 is 1.50 bits per heavy atom. The van der Waals surface area contributed by atoms with Crippen LogP contribution < -0.4 is 5.32 Å². The SMILES string of the molecule is CCCCCN(CCCC)CCCNC(=O)[C@H](O)[C@@H](O)[C@H](O)[C@H](O)COS(=O)(=O)O. The summed E-state index contributed by atoms with van der Waals surface area (Å²) in [5.41, 5.74) is 0. The summed E-state index contributed by atoms with van der Waals surface area (Å²) in [7, 11) is -4.85. The van der Waals surface area contributed by atoms with Gasteiger partial charge in [-0.3, -0.25) is 9.35 Å². The maximum absolute atomic E-state index is 12.0. The lowest BCUT2D eigenvalue weighted by Gasteiger charge is -2.26. The van der Waals surface area contributed by atoms with Gasteiger partial charge in [0, 0.05) is 6.54 Å². The summed E-state index contributed by atoms with van der Waals surface area (Å²) in [4.78, 5) is 14.3. The average molecular weight is 459 g/mol. The molecule has 0 aromatic heterocycles. The van der Waals surface area contributed by atoms with Crippen molar-refractivity contribution >= 4 is 16.3 Å². The third-order valence-corrected chi connectivity index (χ3v) is 5.01. The van der Waals surface area contributed by atoms with Gasteiger partial charge in [-0.05, 0) is 38.9 Å². The summed E-state index contributed by atoms with van der Waals surface area (Å²) < 4.78 is 33.2. The number of aliphatic hydroxyl groups excluding tert-OH is 4. The first kappa shape index (κ1) is 29.1. The highest BCUT2D eigenvalue weighted by atomic mass is 32.3. The summed E-state index contributed by atoms with van der Waals surface area (Å²) in [6, 6.07) is 0. The maximum Gasteiger partial charge on any atom is 0.397 e. The van der Waals surface area contributed by atoms with Gasteiger partial charge in [0.05, 0.1) is 6.61 Å². The molecule has 0 aromatic carbocycles. The quantitative estimate of drug-likeness (QED) is 0.111. The molecule has 30 heavy (non-hydrogen) atoms. The number of aliphatic hydroxyl groups is 4. The van der Waals surface area contributed by atoms with E-state index in [1.54, 1.807) is 0 Å². The van der Waals surface area contributed by atoms with E-state index in [1.165, 1.54) is 0 Å². The van der Waals surface area contributed by atoms with E-state index >= 15 is 0 Å². The zero-order chi connectivity index (χ0) is 23.2. The lowest BCUT2D eigenvalue weighted by molar-refractivity contribution is -0.148. The number of unbranched alkanes of at least 4 members (excludes halogenated alkanes) is 3. The standard InChI is InChI=1S/C18H38N2O9S/c1-3-5-7-11-20(10-6-4-2)12-8-9-19-18(25)17(24)16(23)15(22)14(21)13-29-30(26,27)28/h14-17,21-24H,3-13H2,1-2H3,(H,19,25)(H,26,27,28)/t14-,15-,16+,17-/m1/s1. The van der Waals surface area contributed by atoms with E-state index in [1.807, 2.05) is 0 Å². The molecule has 11 nitrogen and oxygen atoms in total. The van der Waals surface area contributed by atoms with Crippen LogP contribution in [0.3, 0.4) is 0 Å². The molecule has 0 aliphatic carbocycles. The fraction of sp³-hybridized carbons (Fsp3) is 0.944. The highest BCUT2D eigenvalue weighted by Gasteiger charge is 2.34. The van der Waals surface area contributed by atoms with Crippen LogP contribution in [0, 0.1) is 0 Å². The van der Waals surface area contributed by atoms with Crippen LogP contribution in [0.25, 0.3) is 0 Å². The normalized spacial score (nSPS) is 16.3. The molecule has 4 atom stereocenters. The van der Waals surface area contributed by atoms with Gasteiger partial charge in [0.25, 0.3) is 5.91 Å². The lowest BCUT2D eigenvalue weighted by atomic mass is 10.0. The van der Waals surface area contributed by atoms with Crippen LogP contribution >= 0.6 is 0 Å². The molecule has 12 heteroatoms. The molecule has 0 radical (unpaired) electrons. The van der Waals surface area contributed by atoms with Crippen LogP contribution in [0.2, 0.25) is 0 Å². The van der Waals surface area contributed by atoms with Crippen molar-refractivity contribution in [3.05, 3.63) is 0 Å². The molecule has 180 valence electrons. The van der Waals surface area contributed by atoms with Gasteiger partial charge in [-0.25, -0.2) is 4.18 Å². The zero-order valence-electron chi connectivity index (χ0n) is 17.8. The van der Waals surface area contributed by atoms with Gasteiger partial charge in [0.15, 0.2) is 6.10 Å². The number of hydrogen-bond acceptors (Lipinski definition) is 9. The van der Waals surface area contributed by atoms with Crippen LogP contribution in [0.5, 0.6) is 0 Å². The molecular weight excluding hydrogens is 420 g/mol. The van der Waals surface area contributed by atoms with Crippen molar-refractivity contribution in [2.75, 3.05) is 32.8 Å². The number of hydrogen-bond donors (Lipinski definition) is 6. The van der Waals surface area contributed by atoms with Gasteiger partial charge in [-0.1, -0.05) is 33.1 Å². The van der Waals surface area contributed by atoms with Gasteiger partial charge in [0.2, 0.25) is 0 Å². The van der Waals surface area contributed by atoms with Crippen molar-refractivity contribution in [1.82, 2.24) is 10.2 Å². The van der Waals surface area contributed by atoms with Crippen molar-refractivity contribution in [3.63, 3.8) is 0 Å². The first-order valence-corrected chi connectivity index (χ1v) is 11.7. The van der Waals surface area contributed by atoms with Gasteiger partial charge < -0.3 is 30.6 Å². The molecule has 0 aliphatic heterocycles. The number of nitrogens with zero attached hydrogens (tertiary/aromatic N) is 1. The second-order valence-corrected chi connectivity index (χ2v) is 8.34. The predicted molar refractivity (Wildman–Crippen MR) is 110 cm³/mol. The Morgan fingerprint density at radius 3 is 2.07 bits per heavy atom. The first-order chi connectivity index (χ1) is 14.0. The molecule has 0 spiro atoms. The van der Waals surface area contributed by atoms with Gasteiger partial charge >= 0.3 is 10.4 Å². The van der Waals surface area contributed by atoms with Crippen molar-refractivity contribution in [3.8, 4) is 0 Å². The molecule has 1 amide bonds. The minimum Gasteiger partial charge on any atom is -0.388 e. The molecule has 0 saturated heterocycles. The number of carbonyl (C=O) groups excluding carboxylic acids is 1. The Balaban J connectivity index is 4.36. The molecule has 0 saturated carbocycles. The van der Waals surface area contributed by atoms with Crippen LogP contribution in [0.4, 0.5) is 0 Å². The molecule has 0 rings (SSSR count). The van der Waals surface area contributed by atoms with Crippen LogP contribution in [-0.4, -0.2) is 101 Å². The van der Waals surface area contributed by atoms with Crippen LogP contribution in [0.1, 0.15) is 52.4 Å². The summed E-state index contributed by atoms with van der Waals surface area (Å²) in [5.74, 6) is -0.935. The molecule has 0 fully saturated rings. The second-order valence-electron chi connectivity index (χ2n) is 7.25. The van der Waals surface area contributed by atoms with Gasteiger partial charge in [0.1, 0.15) is 18.3 Å². The van der Waals surface area contributed by atoms with Crippen LogP contribution in [-0.2, 0) is 19.4 Å². The van der Waals surface area contributed by atoms with E-state index in [2.05, 4.69) is 28.2 Å². The molecule has 0 aliphatic rings. The lowest BCUT2D eigenvalue weighted by Crippen LogP contribution is -2.52. The van der Waals surface area contributed by atoms with Crippen molar-refractivity contribution in [2.24, 2.45) is 0 Å². The van der Waals surface area contributed by atoms with E-state index < -0.39 is 47.3 Å². The predicted octanol–water partition coefficient (Wildman–Crippen LogP) is -0.952. The van der Waals surface area contributed by atoms with E-state index in [9.17, 15) is 33.6 Å². The molecule has 0 aromatic rings. The summed E-state index contributed by atoms with van der Waals surface area (Å²) in [6.07, 6.45) is -1.93. The minimum absolute atomic E-state index is 0.254. The van der Waals surface area contributed by atoms with Crippen LogP contribution in [0.15, 0.2) is 0 Å². The third-order valence-electron chi connectivity index (χ3n) is 4.58. The smallest absolute Gasteiger partial charge is 0.388 e. The van der Waals surface area contributed by atoms with Gasteiger partial charge in [-0.2, -0.15) is 8.42 Å². The second kappa shape index (κ2) is 15.9. The Bertz CT molecular complexity index is 562. The first-order valence-electron chi connectivity index (χ1n) is 10.4. The average Bonchev–Trinajstić information content (AvgIpc) is 2.70. The Kier molecular flexibility index (Phi) is 15.4. The highest BCUT2D eigenvalue weighted by molar-refractivity contribution is 7.80. The largest absolute Gasteiger partial charge is 0.397 e. The fourth-order valence-electron chi connectivity index (χ4n) is 2.75. The monoisotopic (exact) mass is 458 g/mol. The van der Waals surface area contributed by atoms with E-state index in [4.69, 9.17) is 4.55 Å². The molecule has 0 heterocycles. The van der Waals surface area contributed by atoms with Crippen molar-refractivity contribution in [2.45, 2.75) is 76.8 Å². The van der Waals surface area contributed by atoms with E-state index in [0.717, 1.165) is 51.7 Å². The Labute approximate surface area is 179 Å². The number of carbonyl (C=O) groups is 1. The zero-order valence-corrected chi connectivity index (χ0v) is 18.6. The number of amides is 1.